The molecule has 3 unspecified atom stereocenters. The lowest BCUT2D eigenvalue weighted by Crippen LogP contribution is -2.43. The van der Waals surface area contributed by atoms with Crippen molar-refractivity contribution in [2.24, 2.45) is 4.99 Å². The van der Waals surface area contributed by atoms with Crippen molar-refractivity contribution in [3.8, 4) is 0 Å². The van der Waals surface area contributed by atoms with Crippen LogP contribution in [0.15, 0.2) is 46.1 Å². The topological polar surface area (TPSA) is 135 Å². The predicted octanol–water partition coefficient (Wildman–Crippen LogP) is 2.81. The summed E-state index contributed by atoms with van der Waals surface area (Å²) in [6, 6.07) is 7.42. The number of carbonyl (C=O) groups is 3. The highest BCUT2D eigenvalue weighted by molar-refractivity contribution is 7.10. The van der Waals surface area contributed by atoms with Gasteiger partial charge in [-0.2, -0.15) is 0 Å². The molecule has 2 aromatic heterocycles. The fraction of sp³-hybridized carbons (Fsp3) is 0.360. The molecule has 12 heteroatoms. The molecule has 37 heavy (non-hydrogen) atoms. The maximum absolute atomic E-state index is 13.2. The lowest BCUT2D eigenvalue weighted by atomic mass is 10.1. The number of ether oxygens (including phenoxy) is 1. The zero-order valence-electron chi connectivity index (χ0n) is 20.4. The first-order valence-electron chi connectivity index (χ1n) is 11.9. The third-order valence-electron chi connectivity index (χ3n) is 6.13. The van der Waals surface area contributed by atoms with Gasteiger partial charge in [0.25, 0.3) is 11.8 Å². The Bertz CT molecular complexity index is 1350. The number of hydrogen-bond acceptors (Lipinski definition) is 9. The SMILES string of the molecule is CC1NC(=O)c2csc(n2)C(C)NC(=O)[C@H]2N=C(OC2C)[C@H](Cc2ccccc2)NC(=O)c2csc1n2. The van der Waals surface area contributed by atoms with Crippen LogP contribution in [0.2, 0.25) is 0 Å². The van der Waals surface area contributed by atoms with Gasteiger partial charge in [-0.1, -0.05) is 30.3 Å². The molecular weight excluding hydrogens is 512 g/mol. The first-order chi connectivity index (χ1) is 17.8. The highest BCUT2D eigenvalue weighted by atomic mass is 32.1. The van der Waals surface area contributed by atoms with E-state index in [9.17, 15) is 14.4 Å². The largest absolute Gasteiger partial charge is 0.474 e. The van der Waals surface area contributed by atoms with Gasteiger partial charge in [-0.15, -0.1) is 22.7 Å². The minimum Gasteiger partial charge on any atom is -0.474 e. The number of carbonyl (C=O) groups excluding carboxylic acids is 3. The van der Waals surface area contributed by atoms with Gasteiger partial charge in [-0.3, -0.25) is 14.4 Å². The molecule has 3 amide bonds. The van der Waals surface area contributed by atoms with Crippen LogP contribution in [-0.2, 0) is 16.0 Å². The normalized spacial score (nSPS) is 26.2. The zero-order chi connectivity index (χ0) is 26.1. The number of nitrogens with one attached hydrogen (secondary N) is 3. The van der Waals surface area contributed by atoms with Crippen LogP contribution in [0.1, 0.15) is 69.4 Å². The summed E-state index contributed by atoms with van der Waals surface area (Å²) in [7, 11) is 0. The number of aliphatic imine (C=N–C) groups is 1. The summed E-state index contributed by atoms with van der Waals surface area (Å²) in [4.78, 5) is 52.6. The number of aromatic nitrogens is 2. The van der Waals surface area contributed by atoms with E-state index >= 15 is 0 Å². The van der Waals surface area contributed by atoms with Crippen molar-refractivity contribution >= 4 is 46.3 Å². The van der Waals surface area contributed by atoms with Crippen molar-refractivity contribution in [2.75, 3.05) is 0 Å². The standard InChI is InChI=1S/C25H26N6O4S2/c1-12-24-30-18(11-37-24)21(33)28-16(9-15-7-5-4-6-8-15)23-31-19(14(3)35-23)22(34)27-13(2)25-29-17(10-36-25)20(32)26-12/h4-8,10-14,16,19H,9H2,1-3H3,(H,26,32)(H,27,34)(H,28,33)/t12?,13?,14?,16-,19-/m0/s1. The first-order valence-corrected chi connectivity index (χ1v) is 13.7. The molecular formula is C25H26N6O4S2. The highest BCUT2D eigenvalue weighted by Gasteiger charge is 2.38. The second kappa shape index (κ2) is 10.4. The molecule has 1 aromatic carbocycles. The average Bonchev–Trinajstić information content (AvgIpc) is 3.63. The number of amides is 3. The Morgan fingerprint density at radius 2 is 1.43 bits per heavy atom. The van der Waals surface area contributed by atoms with Crippen LogP contribution in [0.4, 0.5) is 0 Å². The van der Waals surface area contributed by atoms with E-state index in [0.717, 1.165) is 5.56 Å². The molecule has 3 aromatic rings. The molecule has 5 atom stereocenters. The average molecular weight is 539 g/mol. The molecule has 2 aliphatic heterocycles. The van der Waals surface area contributed by atoms with Gasteiger partial charge in [-0.05, 0) is 26.3 Å². The molecule has 5 rings (SSSR count). The molecule has 10 nitrogen and oxygen atoms in total. The number of nitrogens with zero attached hydrogens (tertiary/aromatic N) is 3. The van der Waals surface area contributed by atoms with E-state index in [2.05, 4.69) is 30.9 Å². The lowest BCUT2D eigenvalue weighted by molar-refractivity contribution is -0.124. The first kappa shape index (κ1) is 25.0. The maximum atomic E-state index is 13.2. The smallest absolute Gasteiger partial charge is 0.271 e. The fourth-order valence-corrected chi connectivity index (χ4v) is 5.74. The molecule has 2 aliphatic rings. The molecule has 0 saturated heterocycles. The third kappa shape index (κ3) is 5.39. The minimum absolute atomic E-state index is 0.228. The zero-order valence-corrected chi connectivity index (χ0v) is 22.1. The van der Waals surface area contributed by atoms with Gasteiger partial charge in [0.1, 0.15) is 33.5 Å². The summed E-state index contributed by atoms with van der Waals surface area (Å²) in [5.74, 6) is -0.773. The van der Waals surface area contributed by atoms with Crippen molar-refractivity contribution < 1.29 is 19.1 Å². The Kier molecular flexibility index (Phi) is 7.02. The van der Waals surface area contributed by atoms with Gasteiger partial charge >= 0.3 is 0 Å². The summed E-state index contributed by atoms with van der Waals surface area (Å²) in [6.45, 7) is 5.38. The van der Waals surface area contributed by atoms with Gasteiger partial charge in [0.2, 0.25) is 11.8 Å². The van der Waals surface area contributed by atoms with Gasteiger partial charge < -0.3 is 20.7 Å². The molecule has 0 spiro atoms. The van der Waals surface area contributed by atoms with E-state index < -0.39 is 36.2 Å². The maximum Gasteiger partial charge on any atom is 0.271 e. The molecule has 0 radical (unpaired) electrons. The minimum atomic E-state index is -0.791. The van der Waals surface area contributed by atoms with Crippen LogP contribution in [0, 0.1) is 0 Å². The molecule has 0 aliphatic carbocycles. The summed E-state index contributed by atoms with van der Waals surface area (Å²) < 4.78 is 6.01. The molecule has 3 N–H and O–H groups in total. The van der Waals surface area contributed by atoms with E-state index in [1.165, 1.54) is 22.7 Å². The number of fused-ring (bicyclic) bond motifs is 5. The highest BCUT2D eigenvalue weighted by Crippen LogP contribution is 2.24. The van der Waals surface area contributed by atoms with Crippen molar-refractivity contribution in [2.45, 2.75) is 57.5 Å². The van der Waals surface area contributed by atoms with E-state index in [-0.39, 0.29) is 23.2 Å². The monoisotopic (exact) mass is 538 g/mol. The Morgan fingerprint density at radius 1 is 0.838 bits per heavy atom. The van der Waals surface area contributed by atoms with Crippen LogP contribution in [0.3, 0.4) is 0 Å². The third-order valence-corrected chi connectivity index (χ3v) is 8.18. The molecule has 0 saturated carbocycles. The Morgan fingerprint density at radius 3 is 2.08 bits per heavy atom. The van der Waals surface area contributed by atoms with Gasteiger partial charge in [-0.25, -0.2) is 15.0 Å². The summed E-state index contributed by atoms with van der Waals surface area (Å²) in [5, 5.41) is 13.3. The fourth-order valence-electron chi connectivity index (χ4n) is 4.13. The Hall–Kier alpha value is -3.64. The van der Waals surface area contributed by atoms with Gasteiger partial charge in [0.15, 0.2) is 6.04 Å². The van der Waals surface area contributed by atoms with E-state index in [4.69, 9.17) is 4.74 Å². The number of hydrogen-bond donors (Lipinski definition) is 3. The second-order valence-corrected chi connectivity index (χ2v) is 10.8. The molecule has 6 bridgehead atoms. The summed E-state index contributed by atoms with van der Waals surface area (Å²) >= 11 is 2.58. The van der Waals surface area contributed by atoms with E-state index in [1.807, 2.05) is 30.3 Å². The molecule has 0 fully saturated rings. The van der Waals surface area contributed by atoms with Gasteiger partial charge in [0.05, 0.1) is 12.1 Å². The summed E-state index contributed by atoms with van der Waals surface area (Å²) in [6.07, 6.45) is -0.0994. The van der Waals surface area contributed by atoms with Crippen molar-refractivity contribution in [3.63, 3.8) is 0 Å². The van der Waals surface area contributed by atoms with E-state index in [0.29, 0.717) is 22.3 Å². The van der Waals surface area contributed by atoms with Crippen LogP contribution in [-0.4, -0.2) is 51.8 Å². The Labute approximate surface area is 221 Å². The predicted molar refractivity (Wildman–Crippen MR) is 140 cm³/mol. The van der Waals surface area contributed by atoms with Crippen LogP contribution < -0.4 is 16.0 Å². The van der Waals surface area contributed by atoms with Gasteiger partial charge in [0, 0.05) is 17.2 Å². The van der Waals surface area contributed by atoms with Crippen LogP contribution in [0.5, 0.6) is 0 Å². The van der Waals surface area contributed by atoms with E-state index in [1.54, 1.807) is 31.5 Å². The van der Waals surface area contributed by atoms with Crippen molar-refractivity contribution in [3.05, 3.63) is 68.1 Å². The second-order valence-electron chi connectivity index (χ2n) is 9.02. The summed E-state index contributed by atoms with van der Waals surface area (Å²) in [5.41, 5.74) is 1.46. The Balaban J connectivity index is 1.50. The quantitative estimate of drug-likeness (QED) is 0.459. The number of rotatable bonds is 2. The van der Waals surface area contributed by atoms with Crippen molar-refractivity contribution in [1.82, 2.24) is 25.9 Å². The molecule has 4 heterocycles. The number of benzene rings is 1. The van der Waals surface area contributed by atoms with Crippen LogP contribution in [0.25, 0.3) is 0 Å². The number of thiazole rings is 2. The van der Waals surface area contributed by atoms with Crippen molar-refractivity contribution in [1.29, 1.82) is 0 Å². The lowest BCUT2D eigenvalue weighted by Gasteiger charge is -2.19. The van der Waals surface area contributed by atoms with Crippen LogP contribution >= 0.6 is 22.7 Å². The molecule has 192 valence electrons.